The molecule has 0 atom stereocenters. The number of carbonyl (C=O) groups excluding carboxylic acids is 1. The van der Waals surface area contributed by atoms with E-state index >= 15 is 0 Å². The lowest BCUT2D eigenvalue weighted by Gasteiger charge is -2.11. The number of rotatable bonds is 10. The molecule has 138 valence electrons. The summed E-state index contributed by atoms with van der Waals surface area (Å²) in [6, 6.07) is 0. The summed E-state index contributed by atoms with van der Waals surface area (Å²) in [5.41, 5.74) is 0. The Bertz CT molecular complexity index is 493. The second kappa shape index (κ2) is 14.4. The number of carbonyl (C=O) groups is 1. The minimum atomic E-state index is 0. The molecule has 0 spiro atoms. The van der Waals surface area contributed by atoms with Crippen LogP contribution >= 0.6 is 35.3 Å². The third kappa shape index (κ3) is 10.1. The van der Waals surface area contributed by atoms with Crippen molar-refractivity contribution in [2.45, 2.75) is 46.5 Å². The van der Waals surface area contributed by atoms with E-state index in [0.29, 0.717) is 19.5 Å². The normalized spacial score (nSPS) is 10.9. The number of hydrogen-bond donors (Lipinski definition) is 3. The smallest absolute Gasteiger partial charge is 0.221 e. The fourth-order valence-corrected chi connectivity index (χ4v) is 2.73. The molecule has 0 bridgehead atoms. The van der Waals surface area contributed by atoms with Gasteiger partial charge in [0.25, 0.3) is 0 Å². The second-order valence-electron chi connectivity index (χ2n) is 5.11. The van der Waals surface area contributed by atoms with Gasteiger partial charge in [0.15, 0.2) is 5.96 Å². The lowest BCUT2D eigenvalue weighted by molar-refractivity contribution is -0.120. The summed E-state index contributed by atoms with van der Waals surface area (Å²) >= 11 is 1.75. The molecule has 0 aliphatic carbocycles. The van der Waals surface area contributed by atoms with E-state index in [4.69, 9.17) is 0 Å². The minimum Gasteiger partial charge on any atom is -0.357 e. The quantitative estimate of drug-likeness (QED) is 0.281. The number of nitrogens with one attached hydrogen (secondary N) is 3. The summed E-state index contributed by atoms with van der Waals surface area (Å²) < 4.78 is 0. The monoisotopic (exact) mass is 467 g/mol. The zero-order valence-corrected chi connectivity index (χ0v) is 18.0. The molecule has 0 saturated heterocycles. The molecular formula is C16H30IN5OS. The number of guanidine groups is 1. The Morgan fingerprint density at radius 2 is 2.00 bits per heavy atom. The third-order valence-corrected chi connectivity index (χ3v) is 4.31. The van der Waals surface area contributed by atoms with Crippen LogP contribution in [0.15, 0.2) is 11.2 Å². The van der Waals surface area contributed by atoms with E-state index in [-0.39, 0.29) is 29.9 Å². The van der Waals surface area contributed by atoms with Crippen LogP contribution in [0.2, 0.25) is 0 Å². The van der Waals surface area contributed by atoms with Gasteiger partial charge < -0.3 is 16.0 Å². The summed E-state index contributed by atoms with van der Waals surface area (Å²) in [5, 5.41) is 10.4. The molecule has 1 rings (SSSR count). The van der Waals surface area contributed by atoms with Gasteiger partial charge in [-0.3, -0.25) is 9.79 Å². The molecule has 0 radical (unpaired) electrons. The number of aryl methyl sites for hydroxylation is 1. The van der Waals surface area contributed by atoms with Gasteiger partial charge in [0.05, 0.1) is 5.01 Å². The number of aromatic nitrogens is 1. The van der Waals surface area contributed by atoms with Crippen molar-refractivity contribution in [3.8, 4) is 0 Å². The van der Waals surface area contributed by atoms with Crippen molar-refractivity contribution in [2.75, 3.05) is 26.2 Å². The van der Waals surface area contributed by atoms with Crippen molar-refractivity contribution in [3.05, 3.63) is 16.1 Å². The van der Waals surface area contributed by atoms with Crippen LogP contribution in [-0.2, 0) is 17.6 Å². The Balaban J connectivity index is 0.00000529. The van der Waals surface area contributed by atoms with Gasteiger partial charge in [-0.05, 0) is 19.8 Å². The van der Waals surface area contributed by atoms with Gasteiger partial charge in [0, 0.05) is 50.1 Å². The average molecular weight is 467 g/mol. The minimum absolute atomic E-state index is 0. The van der Waals surface area contributed by atoms with Crippen molar-refractivity contribution in [2.24, 2.45) is 4.99 Å². The molecule has 0 saturated carbocycles. The zero-order valence-electron chi connectivity index (χ0n) is 14.9. The van der Waals surface area contributed by atoms with Crippen LogP contribution in [-0.4, -0.2) is 43.0 Å². The first kappa shape index (κ1) is 23.1. The van der Waals surface area contributed by atoms with Crippen molar-refractivity contribution >= 4 is 47.2 Å². The van der Waals surface area contributed by atoms with Crippen LogP contribution in [0.4, 0.5) is 0 Å². The molecule has 0 aromatic carbocycles. The predicted octanol–water partition coefficient (Wildman–Crippen LogP) is 2.34. The van der Waals surface area contributed by atoms with E-state index in [1.165, 1.54) is 4.88 Å². The fourth-order valence-electron chi connectivity index (χ4n) is 1.88. The Hall–Kier alpha value is -0.900. The average Bonchev–Trinajstić information content (AvgIpc) is 3.01. The number of hydrogen-bond acceptors (Lipinski definition) is 4. The largest absolute Gasteiger partial charge is 0.357 e. The maximum absolute atomic E-state index is 11.6. The van der Waals surface area contributed by atoms with E-state index in [1.807, 2.05) is 20.0 Å². The standard InChI is InChI=1S/C16H29N5OS.HI/c1-4-9-18-14(22)7-10-19-16(17-6-3)20-11-8-15-21-12-13(5-2)23-15;/h12H,4-11H2,1-3H3,(H,18,22)(H2,17,19,20);1H. The van der Waals surface area contributed by atoms with Gasteiger partial charge >= 0.3 is 0 Å². The molecule has 0 aliphatic rings. The molecule has 1 amide bonds. The van der Waals surface area contributed by atoms with E-state index in [1.54, 1.807) is 11.3 Å². The highest BCUT2D eigenvalue weighted by Crippen LogP contribution is 2.13. The van der Waals surface area contributed by atoms with Crippen LogP contribution in [0.1, 0.15) is 43.5 Å². The second-order valence-corrected chi connectivity index (χ2v) is 6.31. The highest BCUT2D eigenvalue weighted by Gasteiger charge is 2.03. The van der Waals surface area contributed by atoms with Crippen molar-refractivity contribution in [1.29, 1.82) is 0 Å². The molecular weight excluding hydrogens is 437 g/mol. The molecule has 1 aromatic rings. The zero-order chi connectivity index (χ0) is 16.9. The number of halogens is 1. The van der Waals surface area contributed by atoms with E-state index in [9.17, 15) is 4.79 Å². The fraction of sp³-hybridized carbons (Fsp3) is 0.688. The first-order valence-electron chi connectivity index (χ1n) is 8.42. The molecule has 3 N–H and O–H groups in total. The molecule has 1 heterocycles. The SMILES string of the molecule is CCCNC(=O)CCNC(=NCCc1ncc(CC)s1)NCC.I. The number of nitrogens with zero attached hydrogens (tertiary/aromatic N) is 2. The van der Waals surface area contributed by atoms with Gasteiger partial charge in [0.1, 0.15) is 0 Å². The molecule has 6 nitrogen and oxygen atoms in total. The number of amides is 1. The van der Waals surface area contributed by atoms with Gasteiger partial charge in [-0.2, -0.15) is 0 Å². The molecule has 24 heavy (non-hydrogen) atoms. The van der Waals surface area contributed by atoms with Crippen LogP contribution in [0.25, 0.3) is 0 Å². The third-order valence-electron chi connectivity index (χ3n) is 3.11. The Morgan fingerprint density at radius 3 is 2.62 bits per heavy atom. The Labute approximate surface area is 166 Å². The first-order valence-corrected chi connectivity index (χ1v) is 9.23. The molecule has 0 unspecified atom stereocenters. The van der Waals surface area contributed by atoms with E-state index < -0.39 is 0 Å². The topological polar surface area (TPSA) is 78.4 Å². The molecule has 0 aliphatic heterocycles. The summed E-state index contributed by atoms with van der Waals surface area (Å²) in [6.07, 6.45) is 5.24. The molecule has 1 aromatic heterocycles. The van der Waals surface area contributed by atoms with Crippen LogP contribution < -0.4 is 16.0 Å². The Morgan fingerprint density at radius 1 is 1.21 bits per heavy atom. The van der Waals surface area contributed by atoms with Gasteiger partial charge in [0.2, 0.25) is 5.91 Å². The number of thiazole rings is 1. The maximum atomic E-state index is 11.6. The van der Waals surface area contributed by atoms with Crippen LogP contribution in [0.5, 0.6) is 0 Å². The highest BCUT2D eigenvalue weighted by molar-refractivity contribution is 14.0. The van der Waals surface area contributed by atoms with E-state index in [0.717, 1.165) is 43.3 Å². The lowest BCUT2D eigenvalue weighted by Crippen LogP contribution is -2.39. The first-order chi connectivity index (χ1) is 11.2. The summed E-state index contributed by atoms with van der Waals surface area (Å²) in [6.45, 7) is 9.01. The number of aliphatic imine (C=N–C) groups is 1. The lowest BCUT2D eigenvalue weighted by atomic mass is 10.4. The maximum Gasteiger partial charge on any atom is 0.221 e. The Kier molecular flexibility index (Phi) is 13.9. The van der Waals surface area contributed by atoms with Gasteiger partial charge in [-0.15, -0.1) is 35.3 Å². The van der Waals surface area contributed by atoms with E-state index in [2.05, 4.69) is 32.9 Å². The van der Waals surface area contributed by atoms with Crippen molar-refractivity contribution < 1.29 is 4.79 Å². The summed E-state index contributed by atoms with van der Waals surface area (Å²) in [7, 11) is 0. The molecule has 8 heteroatoms. The van der Waals surface area contributed by atoms with Crippen LogP contribution in [0.3, 0.4) is 0 Å². The van der Waals surface area contributed by atoms with Crippen molar-refractivity contribution in [3.63, 3.8) is 0 Å². The summed E-state index contributed by atoms with van der Waals surface area (Å²) in [5.74, 6) is 0.827. The van der Waals surface area contributed by atoms with Crippen LogP contribution in [0, 0.1) is 0 Å². The summed E-state index contributed by atoms with van der Waals surface area (Å²) in [4.78, 5) is 21.8. The molecule has 0 fully saturated rings. The predicted molar refractivity (Wildman–Crippen MR) is 113 cm³/mol. The van der Waals surface area contributed by atoms with Gasteiger partial charge in [-0.1, -0.05) is 13.8 Å². The van der Waals surface area contributed by atoms with Crippen molar-refractivity contribution in [1.82, 2.24) is 20.9 Å². The highest BCUT2D eigenvalue weighted by atomic mass is 127. The van der Waals surface area contributed by atoms with Gasteiger partial charge in [-0.25, -0.2) is 4.98 Å².